The highest BCUT2D eigenvalue weighted by Crippen LogP contribution is 2.15. The lowest BCUT2D eigenvalue weighted by Crippen LogP contribution is -2.26. The summed E-state index contributed by atoms with van der Waals surface area (Å²) in [6, 6.07) is 10.8. The molecule has 20 heavy (non-hydrogen) atoms. The van der Waals surface area contributed by atoms with Gasteiger partial charge in [0.15, 0.2) is 0 Å². The summed E-state index contributed by atoms with van der Waals surface area (Å²) in [6.45, 7) is 4.09. The molecule has 2 nitrogen and oxygen atoms in total. The highest BCUT2D eigenvalue weighted by Gasteiger charge is 2.12. The number of nitrogens with one attached hydrogen (secondary N) is 1. The minimum Gasteiger partial charge on any atom is -0.469 e. The zero-order valence-corrected chi connectivity index (χ0v) is 11.9. The first-order valence-corrected chi connectivity index (χ1v) is 7.25. The lowest BCUT2D eigenvalue weighted by Gasteiger charge is -2.16. The quantitative estimate of drug-likeness (QED) is 0.741. The highest BCUT2D eigenvalue weighted by molar-refractivity contribution is 5.17. The molecule has 0 spiro atoms. The third-order valence-corrected chi connectivity index (χ3v) is 3.34. The smallest absolute Gasteiger partial charge is 0.123 e. The van der Waals surface area contributed by atoms with Crippen molar-refractivity contribution in [2.24, 2.45) is 5.92 Å². The van der Waals surface area contributed by atoms with Crippen molar-refractivity contribution in [1.82, 2.24) is 5.32 Å². The second kappa shape index (κ2) is 7.85. The molecular weight excluding hydrogens is 253 g/mol. The van der Waals surface area contributed by atoms with Gasteiger partial charge < -0.3 is 9.73 Å². The van der Waals surface area contributed by atoms with E-state index < -0.39 is 0 Å². The van der Waals surface area contributed by atoms with Crippen molar-refractivity contribution in [2.45, 2.75) is 26.2 Å². The molecule has 0 fully saturated rings. The first kappa shape index (κ1) is 14.8. The van der Waals surface area contributed by atoms with Gasteiger partial charge >= 0.3 is 0 Å². The second-order valence-corrected chi connectivity index (χ2v) is 5.19. The van der Waals surface area contributed by atoms with Crippen LogP contribution in [-0.4, -0.2) is 13.1 Å². The normalized spacial score (nSPS) is 12.5. The Balaban J connectivity index is 1.97. The van der Waals surface area contributed by atoms with E-state index >= 15 is 0 Å². The standard InChI is InChI=1S/C17H22FNO/c1-2-8-19-13-15(12-17-7-4-9-20-17)10-14-5-3-6-16(18)11-14/h3-7,9,11,15,19H,2,8,10,12-13H2,1H3. The summed E-state index contributed by atoms with van der Waals surface area (Å²) in [4.78, 5) is 0. The molecule has 0 aliphatic carbocycles. The Bertz CT molecular complexity index is 495. The Labute approximate surface area is 120 Å². The number of rotatable bonds is 8. The van der Waals surface area contributed by atoms with Crippen molar-refractivity contribution in [1.29, 1.82) is 0 Å². The largest absolute Gasteiger partial charge is 0.469 e. The third-order valence-electron chi connectivity index (χ3n) is 3.34. The molecule has 0 amide bonds. The summed E-state index contributed by atoms with van der Waals surface area (Å²) in [5.41, 5.74) is 1.04. The average Bonchev–Trinajstić information content (AvgIpc) is 2.92. The predicted molar refractivity (Wildman–Crippen MR) is 79.2 cm³/mol. The molecule has 0 saturated heterocycles. The molecular formula is C17H22FNO. The third kappa shape index (κ3) is 4.82. The molecule has 2 aromatic rings. The van der Waals surface area contributed by atoms with E-state index in [1.165, 1.54) is 6.07 Å². The Morgan fingerprint density at radius 2 is 2.10 bits per heavy atom. The fourth-order valence-corrected chi connectivity index (χ4v) is 2.41. The van der Waals surface area contributed by atoms with Crippen molar-refractivity contribution in [3.05, 3.63) is 59.8 Å². The highest BCUT2D eigenvalue weighted by atomic mass is 19.1. The summed E-state index contributed by atoms with van der Waals surface area (Å²) in [5.74, 6) is 1.24. The fourth-order valence-electron chi connectivity index (χ4n) is 2.41. The van der Waals surface area contributed by atoms with Crippen LogP contribution in [0.1, 0.15) is 24.7 Å². The van der Waals surface area contributed by atoms with Crippen LogP contribution in [0.2, 0.25) is 0 Å². The van der Waals surface area contributed by atoms with Crippen LogP contribution in [0.15, 0.2) is 47.1 Å². The summed E-state index contributed by atoms with van der Waals surface area (Å²) < 4.78 is 18.7. The molecule has 1 unspecified atom stereocenters. The van der Waals surface area contributed by atoms with E-state index in [9.17, 15) is 4.39 Å². The molecule has 1 aromatic heterocycles. The second-order valence-electron chi connectivity index (χ2n) is 5.19. The topological polar surface area (TPSA) is 25.2 Å². The van der Waals surface area contributed by atoms with Crippen molar-refractivity contribution >= 4 is 0 Å². The van der Waals surface area contributed by atoms with Gasteiger partial charge in [0.2, 0.25) is 0 Å². The maximum Gasteiger partial charge on any atom is 0.123 e. The van der Waals surface area contributed by atoms with Crippen LogP contribution in [0.4, 0.5) is 4.39 Å². The first-order valence-electron chi connectivity index (χ1n) is 7.25. The summed E-state index contributed by atoms with van der Waals surface area (Å²) >= 11 is 0. The Kier molecular flexibility index (Phi) is 5.81. The van der Waals surface area contributed by atoms with E-state index in [1.807, 2.05) is 18.2 Å². The molecule has 1 N–H and O–H groups in total. The molecule has 108 valence electrons. The summed E-state index contributed by atoms with van der Waals surface area (Å²) in [6.07, 6.45) is 4.55. The van der Waals surface area contributed by atoms with Crippen LogP contribution in [0.5, 0.6) is 0 Å². The van der Waals surface area contributed by atoms with Crippen molar-refractivity contribution in [3.63, 3.8) is 0 Å². The van der Waals surface area contributed by atoms with E-state index in [0.717, 1.165) is 43.7 Å². The molecule has 1 heterocycles. The van der Waals surface area contributed by atoms with Gasteiger partial charge in [-0.3, -0.25) is 0 Å². The van der Waals surface area contributed by atoms with Crippen molar-refractivity contribution in [2.75, 3.05) is 13.1 Å². The van der Waals surface area contributed by atoms with Gasteiger partial charge in [-0.2, -0.15) is 0 Å². The van der Waals surface area contributed by atoms with E-state index in [2.05, 4.69) is 12.2 Å². The van der Waals surface area contributed by atoms with Crippen LogP contribution in [-0.2, 0) is 12.8 Å². The average molecular weight is 275 g/mol. The van der Waals surface area contributed by atoms with Crippen LogP contribution in [0, 0.1) is 11.7 Å². The van der Waals surface area contributed by atoms with Gasteiger partial charge in [0.25, 0.3) is 0 Å². The minimum atomic E-state index is -0.166. The molecule has 0 aliphatic heterocycles. The van der Waals surface area contributed by atoms with Crippen molar-refractivity contribution in [3.8, 4) is 0 Å². The Hall–Kier alpha value is -1.61. The van der Waals surface area contributed by atoms with Crippen LogP contribution < -0.4 is 5.32 Å². The van der Waals surface area contributed by atoms with E-state index in [1.54, 1.807) is 18.4 Å². The zero-order chi connectivity index (χ0) is 14.2. The molecule has 0 bridgehead atoms. The van der Waals surface area contributed by atoms with E-state index in [-0.39, 0.29) is 5.82 Å². The number of hydrogen-bond acceptors (Lipinski definition) is 2. The molecule has 0 aliphatic rings. The number of furan rings is 1. The van der Waals surface area contributed by atoms with Gasteiger partial charge in [-0.15, -0.1) is 0 Å². The Morgan fingerprint density at radius 1 is 1.20 bits per heavy atom. The maximum absolute atomic E-state index is 13.3. The van der Waals surface area contributed by atoms with Gasteiger partial charge in [-0.05, 0) is 61.7 Å². The molecule has 2 rings (SSSR count). The van der Waals surface area contributed by atoms with Crippen LogP contribution in [0.25, 0.3) is 0 Å². The summed E-state index contributed by atoms with van der Waals surface area (Å²) in [5, 5.41) is 3.45. The minimum absolute atomic E-state index is 0.166. The van der Waals surface area contributed by atoms with Crippen LogP contribution >= 0.6 is 0 Å². The molecule has 0 saturated carbocycles. The monoisotopic (exact) mass is 275 g/mol. The van der Waals surface area contributed by atoms with Crippen LogP contribution in [0.3, 0.4) is 0 Å². The lowest BCUT2D eigenvalue weighted by atomic mass is 9.95. The molecule has 1 atom stereocenters. The van der Waals surface area contributed by atoms with E-state index in [4.69, 9.17) is 4.42 Å². The fraction of sp³-hybridized carbons (Fsp3) is 0.412. The SMILES string of the molecule is CCCNCC(Cc1cccc(F)c1)Cc1ccco1. The number of halogens is 1. The molecule has 3 heteroatoms. The molecule has 0 radical (unpaired) electrons. The molecule has 1 aromatic carbocycles. The predicted octanol–water partition coefficient (Wildman–Crippen LogP) is 3.82. The van der Waals surface area contributed by atoms with Gasteiger partial charge in [0.1, 0.15) is 11.6 Å². The lowest BCUT2D eigenvalue weighted by molar-refractivity contribution is 0.415. The van der Waals surface area contributed by atoms with E-state index in [0.29, 0.717) is 5.92 Å². The number of benzene rings is 1. The Morgan fingerprint density at radius 3 is 2.80 bits per heavy atom. The zero-order valence-electron chi connectivity index (χ0n) is 11.9. The summed E-state index contributed by atoms with van der Waals surface area (Å²) in [7, 11) is 0. The van der Waals surface area contributed by atoms with Gasteiger partial charge in [0, 0.05) is 6.42 Å². The maximum atomic E-state index is 13.3. The van der Waals surface area contributed by atoms with Gasteiger partial charge in [-0.1, -0.05) is 19.1 Å². The van der Waals surface area contributed by atoms with Gasteiger partial charge in [-0.25, -0.2) is 4.39 Å². The number of hydrogen-bond donors (Lipinski definition) is 1. The first-order chi connectivity index (χ1) is 9.78. The van der Waals surface area contributed by atoms with Gasteiger partial charge in [0.05, 0.1) is 6.26 Å². The van der Waals surface area contributed by atoms with Crippen molar-refractivity contribution < 1.29 is 8.81 Å².